The molecule has 1 aliphatic heterocycles. The molecule has 1 aliphatic rings. The minimum atomic E-state index is 0.647. The van der Waals surface area contributed by atoms with Crippen LogP contribution in [0.2, 0.25) is 0 Å². The molecule has 0 atom stereocenters. The van der Waals surface area contributed by atoms with Crippen molar-refractivity contribution >= 4 is 23.3 Å². The van der Waals surface area contributed by atoms with E-state index in [1.54, 1.807) is 18.1 Å². The average molecular weight is 245 g/mol. The number of nitrogens with one attached hydrogen (secondary N) is 1. The molecule has 0 amide bonds. The fourth-order valence-electron chi connectivity index (χ4n) is 1.53. The SMILES string of the molecule is c1nsc(SCCNC2CCOCC2)n1. The molecule has 1 saturated heterocycles. The summed E-state index contributed by atoms with van der Waals surface area (Å²) in [4.78, 5) is 4.12. The zero-order valence-electron chi connectivity index (χ0n) is 8.52. The molecule has 0 radical (unpaired) electrons. The number of ether oxygens (including phenoxy) is 1. The molecule has 0 aliphatic carbocycles. The van der Waals surface area contributed by atoms with Gasteiger partial charge in [0.25, 0.3) is 0 Å². The van der Waals surface area contributed by atoms with Crippen molar-refractivity contribution in [2.45, 2.75) is 23.2 Å². The highest BCUT2D eigenvalue weighted by Gasteiger charge is 2.12. The van der Waals surface area contributed by atoms with Crippen molar-refractivity contribution < 1.29 is 4.74 Å². The van der Waals surface area contributed by atoms with E-state index < -0.39 is 0 Å². The maximum absolute atomic E-state index is 5.30. The first-order chi connectivity index (χ1) is 7.45. The van der Waals surface area contributed by atoms with E-state index >= 15 is 0 Å². The predicted molar refractivity (Wildman–Crippen MR) is 62.5 cm³/mol. The van der Waals surface area contributed by atoms with Crippen molar-refractivity contribution in [3.05, 3.63) is 6.33 Å². The van der Waals surface area contributed by atoms with Crippen molar-refractivity contribution in [2.75, 3.05) is 25.5 Å². The van der Waals surface area contributed by atoms with Gasteiger partial charge >= 0.3 is 0 Å². The summed E-state index contributed by atoms with van der Waals surface area (Å²) >= 11 is 3.23. The lowest BCUT2D eigenvalue weighted by molar-refractivity contribution is 0.0786. The second-order valence-corrected chi connectivity index (χ2v) is 5.52. The first kappa shape index (κ1) is 11.3. The minimum Gasteiger partial charge on any atom is -0.381 e. The Labute approximate surface area is 98.0 Å². The Kier molecular flexibility index (Phi) is 4.85. The smallest absolute Gasteiger partial charge is 0.169 e. The Morgan fingerprint density at radius 3 is 3.13 bits per heavy atom. The molecule has 1 N–H and O–H groups in total. The van der Waals surface area contributed by atoms with Gasteiger partial charge < -0.3 is 10.1 Å². The fourth-order valence-corrected chi connectivity index (χ4v) is 2.91. The first-order valence-corrected chi connectivity index (χ1v) is 6.91. The standard InChI is InChI=1S/C9H15N3OS2/c1-4-13-5-2-8(1)10-3-6-14-9-11-7-12-15-9/h7-8,10H,1-6H2. The quantitative estimate of drug-likeness (QED) is 0.627. The van der Waals surface area contributed by atoms with E-state index in [9.17, 15) is 0 Å². The summed E-state index contributed by atoms with van der Waals surface area (Å²) in [5, 5.41) is 3.54. The molecule has 1 fully saturated rings. The van der Waals surface area contributed by atoms with Gasteiger partial charge in [-0.25, -0.2) is 4.98 Å². The Morgan fingerprint density at radius 1 is 1.53 bits per heavy atom. The third-order valence-electron chi connectivity index (χ3n) is 2.32. The van der Waals surface area contributed by atoms with Crippen LogP contribution in [0.1, 0.15) is 12.8 Å². The van der Waals surface area contributed by atoms with Crippen LogP contribution in [0.25, 0.3) is 0 Å². The van der Waals surface area contributed by atoms with Gasteiger partial charge in [-0.15, -0.1) is 0 Å². The zero-order chi connectivity index (χ0) is 10.3. The van der Waals surface area contributed by atoms with Crippen molar-refractivity contribution in [1.29, 1.82) is 0 Å². The molecule has 1 aromatic heterocycles. The summed E-state index contributed by atoms with van der Waals surface area (Å²) in [7, 11) is 0. The molecule has 6 heteroatoms. The summed E-state index contributed by atoms with van der Waals surface area (Å²) in [5.74, 6) is 1.06. The summed E-state index contributed by atoms with van der Waals surface area (Å²) in [5.41, 5.74) is 0. The van der Waals surface area contributed by atoms with Crippen LogP contribution >= 0.6 is 23.3 Å². The molecule has 2 heterocycles. The fraction of sp³-hybridized carbons (Fsp3) is 0.778. The Hall–Kier alpha value is -0.170. The van der Waals surface area contributed by atoms with E-state index in [0.717, 1.165) is 42.7 Å². The number of nitrogens with zero attached hydrogens (tertiary/aromatic N) is 2. The van der Waals surface area contributed by atoms with Gasteiger partial charge in [-0.3, -0.25) is 0 Å². The highest BCUT2D eigenvalue weighted by atomic mass is 32.2. The van der Waals surface area contributed by atoms with Gasteiger partial charge in [0.15, 0.2) is 4.34 Å². The van der Waals surface area contributed by atoms with E-state index in [-0.39, 0.29) is 0 Å². The van der Waals surface area contributed by atoms with Gasteiger partial charge in [-0.1, -0.05) is 11.8 Å². The predicted octanol–water partition coefficient (Wildman–Crippen LogP) is 1.40. The van der Waals surface area contributed by atoms with Crippen molar-refractivity contribution in [2.24, 2.45) is 0 Å². The van der Waals surface area contributed by atoms with Crippen LogP contribution in [0.4, 0.5) is 0 Å². The third-order valence-corrected chi connectivity index (χ3v) is 4.12. The molecule has 0 bridgehead atoms. The van der Waals surface area contributed by atoms with Gasteiger partial charge in [0.1, 0.15) is 6.33 Å². The summed E-state index contributed by atoms with van der Waals surface area (Å²) in [6, 6.07) is 0.647. The topological polar surface area (TPSA) is 47.0 Å². The van der Waals surface area contributed by atoms with Crippen molar-refractivity contribution in [1.82, 2.24) is 14.7 Å². The lowest BCUT2D eigenvalue weighted by atomic mass is 10.1. The third kappa shape index (κ3) is 4.06. The molecular formula is C9H15N3OS2. The van der Waals surface area contributed by atoms with Crippen LogP contribution in [-0.4, -0.2) is 40.9 Å². The molecule has 4 nitrogen and oxygen atoms in total. The number of hydrogen-bond donors (Lipinski definition) is 1. The van der Waals surface area contributed by atoms with Crippen LogP contribution in [-0.2, 0) is 4.74 Å². The monoisotopic (exact) mass is 245 g/mol. The van der Waals surface area contributed by atoms with Crippen LogP contribution in [0.15, 0.2) is 10.7 Å². The highest BCUT2D eigenvalue weighted by Crippen LogP contribution is 2.17. The molecule has 2 rings (SSSR count). The van der Waals surface area contributed by atoms with Crippen LogP contribution in [0.3, 0.4) is 0 Å². The molecule has 0 saturated carbocycles. The van der Waals surface area contributed by atoms with Gasteiger partial charge in [0, 0.05) is 31.6 Å². The minimum absolute atomic E-state index is 0.647. The number of hydrogen-bond acceptors (Lipinski definition) is 6. The second kappa shape index (κ2) is 6.42. The number of thioether (sulfide) groups is 1. The van der Waals surface area contributed by atoms with Gasteiger partial charge in [0.2, 0.25) is 0 Å². The number of rotatable bonds is 5. The molecule has 84 valence electrons. The Morgan fingerprint density at radius 2 is 2.40 bits per heavy atom. The van der Waals surface area contributed by atoms with E-state index in [1.807, 2.05) is 0 Å². The number of aromatic nitrogens is 2. The maximum Gasteiger partial charge on any atom is 0.169 e. The lowest BCUT2D eigenvalue weighted by Crippen LogP contribution is -2.35. The van der Waals surface area contributed by atoms with Crippen LogP contribution < -0.4 is 5.32 Å². The summed E-state index contributed by atoms with van der Waals surface area (Å²) < 4.78 is 10.3. The Balaban J connectivity index is 1.54. The van der Waals surface area contributed by atoms with Crippen molar-refractivity contribution in [3.8, 4) is 0 Å². The Bertz CT molecular complexity index is 262. The average Bonchev–Trinajstić information content (AvgIpc) is 2.79. The van der Waals surface area contributed by atoms with Gasteiger partial charge in [-0.2, -0.15) is 4.37 Å². The second-order valence-electron chi connectivity index (χ2n) is 3.40. The van der Waals surface area contributed by atoms with Crippen LogP contribution in [0, 0.1) is 0 Å². The summed E-state index contributed by atoms with van der Waals surface area (Å²) in [6.45, 7) is 2.84. The molecule has 0 aromatic carbocycles. The zero-order valence-corrected chi connectivity index (χ0v) is 10.1. The highest BCUT2D eigenvalue weighted by molar-refractivity contribution is 8.00. The van der Waals surface area contributed by atoms with E-state index in [0.29, 0.717) is 6.04 Å². The first-order valence-electron chi connectivity index (χ1n) is 5.16. The van der Waals surface area contributed by atoms with Crippen LogP contribution in [0.5, 0.6) is 0 Å². The van der Waals surface area contributed by atoms with E-state index in [1.165, 1.54) is 11.5 Å². The van der Waals surface area contributed by atoms with Gasteiger partial charge in [0.05, 0.1) is 0 Å². The molecule has 15 heavy (non-hydrogen) atoms. The van der Waals surface area contributed by atoms with E-state index in [4.69, 9.17) is 4.74 Å². The molecule has 0 spiro atoms. The van der Waals surface area contributed by atoms with Crippen molar-refractivity contribution in [3.63, 3.8) is 0 Å². The largest absolute Gasteiger partial charge is 0.381 e. The van der Waals surface area contributed by atoms with E-state index in [2.05, 4.69) is 14.7 Å². The molecule has 1 aromatic rings. The molecular weight excluding hydrogens is 230 g/mol. The molecule has 0 unspecified atom stereocenters. The lowest BCUT2D eigenvalue weighted by Gasteiger charge is -2.22. The van der Waals surface area contributed by atoms with Gasteiger partial charge in [-0.05, 0) is 24.4 Å². The maximum atomic E-state index is 5.30. The normalized spacial score (nSPS) is 18.1. The summed E-state index contributed by atoms with van der Waals surface area (Å²) in [6.07, 6.45) is 3.89.